The van der Waals surface area contributed by atoms with E-state index in [4.69, 9.17) is 24.8 Å². The average molecular weight is 314 g/mol. The molecular formula is C11H22O10. The van der Waals surface area contributed by atoms with E-state index < -0.39 is 68.8 Å². The highest BCUT2D eigenvalue weighted by atomic mass is 16.7. The van der Waals surface area contributed by atoms with E-state index in [0.717, 1.165) is 0 Å². The molecule has 0 bridgehead atoms. The van der Waals surface area contributed by atoms with E-state index in [-0.39, 0.29) is 0 Å². The van der Waals surface area contributed by atoms with E-state index in [1.807, 2.05) is 0 Å². The van der Waals surface area contributed by atoms with Crippen LogP contribution in [-0.2, 0) is 9.47 Å². The third kappa shape index (κ3) is 4.29. The van der Waals surface area contributed by atoms with Crippen LogP contribution in [0.4, 0.5) is 0 Å². The van der Waals surface area contributed by atoms with Crippen LogP contribution in [0.2, 0.25) is 0 Å². The first-order chi connectivity index (χ1) is 9.87. The molecule has 1 aliphatic heterocycles. The van der Waals surface area contributed by atoms with Crippen LogP contribution >= 0.6 is 0 Å². The van der Waals surface area contributed by atoms with Gasteiger partial charge in [-0.2, -0.15) is 0 Å². The number of hydrogen-bond donors (Lipinski definition) is 8. The molecule has 0 aromatic heterocycles. The van der Waals surface area contributed by atoms with Crippen LogP contribution in [0.5, 0.6) is 0 Å². The standard InChI is InChI=1S/C11H22O10/c12-1-4(15)7(17)6(3-14)20-11-9(19)8(18)10(21-11)5(16)2-13/h4-19H,1-3H2/t4-,5-,6+,7-,8-,9-,10+,11-/m1/s1. The Hall–Kier alpha value is -0.400. The maximum absolute atomic E-state index is 9.73. The molecule has 8 atom stereocenters. The van der Waals surface area contributed by atoms with E-state index in [9.17, 15) is 25.5 Å². The van der Waals surface area contributed by atoms with Gasteiger partial charge in [0.15, 0.2) is 6.29 Å². The molecule has 0 saturated carbocycles. The number of hydrogen-bond acceptors (Lipinski definition) is 10. The zero-order valence-corrected chi connectivity index (χ0v) is 11.1. The molecule has 1 saturated heterocycles. The van der Waals surface area contributed by atoms with Gasteiger partial charge < -0.3 is 50.3 Å². The molecule has 0 amide bonds. The first kappa shape index (κ1) is 18.6. The molecular weight excluding hydrogens is 292 g/mol. The first-order valence-electron chi connectivity index (χ1n) is 6.41. The molecule has 0 aromatic carbocycles. The van der Waals surface area contributed by atoms with E-state index in [1.54, 1.807) is 0 Å². The quantitative estimate of drug-likeness (QED) is 0.216. The lowest BCUT2D eigenvalue weighted by Gasteiger charge is -2.28. The molecule has 0 radical (unpaired) electrons. The van der Waals surface area contributed by atoms with E-state index in [0.29, 0.717) is 0 Å². The van der Waals surface area contributed by atoms with Crippen molar-refractivity contribution < 1.29 is 50.3 Å². The third-order valence-electron chi connectivity index (χ3n) is 3.27. The molecule has 0 unspecified atom stereocenters. The van der Waals surface area contributed by atoms with Gasteiger partial charge in [-0.15, -0.1) is 0 Å². The lowest BCUT2D eigenvalue weighted by Crippen LogP contribution is -2.46. The Morgan fingerprint density at radius 1 is 0.905 bits per heavy atom. The molecule has 0 aromatic rings. The first-order valence-corrected chi connectivity index (χ1v) is 6.41. The Morgan fingerprint density at radius 3 is 2.00 bits per heavy atom. The maximum Gasteiger partial charge on any atom is 0.187 e. The van der Waals surface area contributed by atoms with Crippen LogP contribution < -0.4 is 0 Å². The van der Waals surface area contributed by atoms with Crippen molar-refractivity contribution in [3.05, 3.63) is 0 Å². The Labute approximate surface area is 120 Å². The summed E-state index contributed by atoms with van der Waals surface area (Å²) in [5, 5.41) is 74.4. The molecule has 1 aliphatic rings. The molecule has 10 nitrogen and oxygen atoms in total. The molecule has 21 heavy (non-hydrogen) atoms. The number of aliphatic hydroxyl groups excluding tert-OH is 8. The third-order valence-corrected chi connectivity index (χ3v) is 3.27. The van der Waals surface area contributed by atoms with Crippen molar-refractivity contribution in [1.29, 1.82) is 0 Å². The van der Waals surface area contributed by atoms with Crippen molar-refractivity contribution in [2.75, 3.05) is 19.8 Å². The predicted molar refractivity (Wildman–Crippen MR) is 64.8 cm³/mol. The highest BCUT2D eigenvalue weighted by molar-refractivity contribution is 4.91. The van der Waals surface area contributed by atoms with Gasteiger partial charge in [0.1, 0.15) is 42.7 Å². The Bertz CT molecular complexity index is 303. The van der Waals surface area contributed by atoms with Gasteiger partial charge in [-0.1, -0.05) is 0 Å². The number of aliphatic hydroxyl groups is 8. The van der Waals surface area contributed by atoms with Crippen LogP contribution in [0.15, 0.2) is 0 Å². The van der Waals surface area contributed by atoms with Crippen LogP contribution in [0.1, 0.15) is 0 Å². The predicted octanol–water partition coefficient (Wildman–Crippen LogP) is -5.12. The van der Waals surface area contributed by atoms with Gasteiger partial charge in [-0.3, -0.25) is 0 Å². The van der Waals surface area contributed by atoms with Crippen LogP contribution in [-0.4, -0.2) is 110 Å². The molecule has 1 fully saturated rings. The minimum Gasteiger partial charge on any atom is -0.394 e. The van der Waals surface area contributed by atoms with Gasteiger partial charge in [0.25, 0.3) is 0 Å². The van der Waals surface area contributed by atoms with E-state index >= 15 is 0 Å². The van der Waals surface area contributed by atoms with Gasteiger partial charge in [0.2, 0.25) is 0 Å². The second kappa shape index (κ2) is 8.29. The minimum absolute atomic E-state index is 0.712. The van der Waals surface area contributed by atoms with Crippen LogP contribution in [0.25, 0.3) is 0 Å². The van der Waals surface area contributed by atoms with E-state index in [1.165, 1.54) is 0 Å². The summed E-state index contributed by atoms with van der Waals surface area (Å²) in [4.78, 5) is 0. The molecule has 1 rings (SSSR count). The van der Waals surface area contributed by atoms with Crippen molar-refractivity contribution in [2.45, 2.75) is 49.0 Å². The molecule has 0 spiro atoms. The zero-order chi connectivity index (χ0) is 16.2. The summed E-state index contributed by atoms with van der Waals surface area (Å²) in [5.41, 5.74) is 0. The lowest BCUT2D eigenvalue weighted by molar-refractivity contribution is -0.233. The van der Waals surface area contributed by atoms with Crippen LogP contribution in [0, 0.1) is 0 Å². The Morgan fingerprint density at radius 2 is 1.52 bits per heavy atom. The normalized spacial score (nSPS) is 35.4. The fraction of sp³-hybridized carbons (Fsp3) is 1.00. The summed E-state index contributed by atoms with van der Waals surface area (Å²) in [6, 6.07) is 0. The van der Waals surface area contributed by atoms with Crippen molar-refractivity contribution in [2.24, 2.45) is 0 Å². The minimum atomic E-state index is -1.66. The number of ether oxygens (including phenoxy) is 2. The average Bonchev–Trinajstić information content (AvgIpc) is 2.78. The Kier molecular flexibility index (Phi) is 7.36. The highest BCUT2D eigenvalue weighted by Crippen LogP contribution is 2.26. The molecule has 0 aliphatic carbocycles. The van der Waals surface area contributed by atoms with Gasteiger partial charge in [0, 0.05) is 0 Å². The molecule has 126 valence electrons. The lowest BCUT2D eigenvalue weighted by atomic mass is 10.1. The van der Waals surface area contributed by atoms with Crippen molar-refractivity contribution >= 4 is 0 Å². The Balaban J connectivity index is 2.68. The summed E-state index contributed by atoms with van der Waals surface area (Å²) >= 11 is 0. The SMILES string of the molecule is OC[C@@H](O)[C@@H](O)[C@H](CO)O[C@@H]1O[C@@H]([C@H](O)CO)[C@H](O)[C@H]1O. The molecule has 8 N–H and O–H groups in total. The summed E-state index contributed by atoms with van der Waals surface area (Å²) in [7, 11) is 0. The van der Waals surface area contributed by atoms with Crippen molar-refractivity contribution in [3.8, 4) is 0 Å². The molecule has 10 heteroatoms. The molecule has 1 heterocycles. The summed E-state index contributed by atoms with van der Waals surface area (Å²) in [5.74, 6) is 0. The van der Waals surface area contributed by atoms with Gasteiger partial charge >= 0.3 is 0 Å². The second-order valence-electron chi connectivity index (χ2n) is 4.80. The van der Waals surface area contributed by atoms with Crippen LogP contribution in [0.3, 0.4) is 0 Å². The smallest absolute Gasteiger partial charge is 0.187 e. The number of rotatable bonds is 8. The van der Waals surface area contributed by atoms with Gasteiger partial charge in [-0.25, -0.2) is 0 Å². The van der Waals surface area contributed by atoms with Gasteiger partial charge in [0.05, 0.1) is 19.8 Å². The topological polar surface area (TPSA) is 180 Å². The second-order valence-corrected chi connectivity index (χ2v) is 4.80. The summed E-state index contributed by atoms with van der Waals surface area (Å²) < 4.78 is 10.1. The monoisotopic (exact) mass is 314 g/mol. The van der Waals surface area contributed by atoms with Crippen molar-refractivity contribution in [3.63, 3.8) is 0 Å². The van der Waals surface area contributed by atoms with Gasteiger partial charge in [-0.05, 0) is 0 Å². The van der Waals surface area contributed by atoms with Crippen molar-refractivity contribution in [1.82, 2.24) is 0 Å². The maximum atomic E-state index is 9.73. The fourth-order valence-corrected chi connectivity index (χ4v) is 1.97. The summed E-state index contributed by atoms with van der Waals surface area (Å²) in [6.07, 6.45) is -12.0. The fourth-order valence-electron chi connectivity index (χ4n) is 1.97. The zero-order valence-electron chi connectivity index (χ0n) is 11.1. The summed E-state index contributed by atoms with van der Waals surface area (Å²) in [6.45, 7) is -2.24. The largest absolute Gasteiger partial charge is 0.394 e. The van der Waals surface area contributed by atoms with E-state index in [2.05, 4.69) is 0 Å². The highest BCUT2D eigenvalue weighted by Gasteiger charge is 2.47.